The molecule has 6 heteroatoms. The van der Waals surface area contributed by atoms with E-state index >= 15 is 0 Å². The number of nitrogens with zero attached hydrogens (tertiary/aromatic N) is 2. The molecule has 0 aromatic heterocycles. The van der Waals surface area contributed by atoms with Crippen LogP contribution in [0.25, 0.3) is 0 Å². The van der Waals surface area contributed by atoms with Gasteiger partial charge in [0, 0.05) is 37.5 Å². The first kappa shape index (κ1) is 19.5. The van der Waals surface area contributed by atoms with Crippen LogP contribution >= 0.6 is 11.8 Å². The Bertz CT molecular complexity index is 581. The predicted octanol–water partition coefficient (Wildman–Crippen LogP) is 3.10. The third-order valence-corrected chi connectivity index (χ3v) is 6.76. The highest BCUT2D eigenvalue weighted by molar-refractivity contribution is 8.00. The molecule has 1 unspecified atom stereocenters. The summed E-state index contributed by atoms with van der Waals surface area (Å²) in [5.41, 5.74) is 0.804. The highest BCUT2D eigenvalue weighted by atomic mass is 32.2. The highest BCUT2D eigenvalue weighted by Crippen LogP contribution is 2.25. The van der Waals surface area contributed by atoms with Crippen LogP contribution in [-0.4, -0.2) is 55.1 Å². The first-order valence-corrected chi connectivity index (χ1v) is 10.8. The fourth-order valence-corrected chi connectivity index (χ4v) is 4.89. The molecule has 2 fully saturated rings. The van der Waals surface area contributed by atoms with Gasteiger partial charge in [-0.05, 0) is 56.5 Å². The molecule has 0 radical (unpaired) electrons. The lowest BCUT2D eigenvalue weighted by Gasteiger charge is -2.32. The van der Waals surface area contributed by atoms with Crippen molar-refractivity contribution in [3.8, 4) is 0 Å². The molecule has 2 aliphatic rings. The summed E-state index contributed by atoms with van der Waals surface area (Å²) in [5.74, 6) is 2.79. The Hall–Kier alpha value is -1.27. The van der Waals surface area contributed by atoms with Crippen molar-refractivity contribution in [2.75, 3.05) is 39.0 Å². The Kier molecular flexibility index (Phi) is 7.62. The fraction of sp³-hybridized carbons (Fsp3) is 0.650. The van der Waals surface area contributed by atoms with Gasteiger partial charge in [0.2, 0.25) is 0 Å². The topological polar surface area (TPSA) is 39.7 Å². The summed E-state index contributed by atoms with van der Waals surface area (Å²) < 4.78 is 13.8. The lowest BCUT2D eigenvalue weighted by molar-refractivity contribution is 0.176. The third-order valence-electron chi connectivity index (χ3n) is 5.36. The number of nitrogens with one attached hydrogen (secondary N) is 2. The van der Waals surface area contributed by atoms with E-state index in [4.69, 9.17) is 0 Å². The zero-order valence-electron chi connectivity index (χ0n) is 15.7. The maximum Gasteiger partial charge on any atom is 0.191 e. The molecular formula is C20H31FN4S. The van der Waals surface area contributed by atoms with E-state index in [0.29, 0.717) is 5.92 Å². The lowest BCUT2D eigenvalue weighted by Crippen LogP contribution is -2.44. The van der Waals surface area contributed by atoms with E-state index in [1.165, 1.54) is 18.6 Å². The molecule has 0 amide bonds. The van der Waals surface area contributed by atoms with E-state index in [9.17, 15) is 4.39 Å². The molecule has 0 saturated carbocycles. The Labute approximate surface area is 161 Å². The van der Waals surface area contributed by atoms with Gasteiger partial charge in [0.1, 0.15) is 5.82 Å². The minimum absolute atomic E-state index is 0.0911. The second-order valence-electron chi connectivity index (χ2n) is 7.28. The van der Waals surface area contributed by atoms with Crippen LogP contribution in [0.4, 0.5) is 4.39 Å². The van der Waals surface area contributed by atoms with Gasteiger partial charge in [0.05, 0.1) is 0 Å². The van der Waals surface area contributed by atoms with Crippen LogP contribution in [0.2, 0.25) is 0 Å². The van der Waals surface area contributed by atoms with Gasteiger partial charge >= 0.3 is 0 Å². The molecule has 3 rings (SSSR count). The first-order valence-electron chi connectivity index (χ1n) is 9.76. The second-order valence-corrected chi connectivity index (χ2v) is 8.69. The van der Waals surface area contributed by atoms with Crippen LogP contribution in [0.15, 0.2) is 29.3 Å². The number of thioether (sulfide) groups is 1. The minimum atomic E-state index is -0.0911. The molecule has 144 valence electrons. The van der Waals surface area contributed by atoms with E-state index < -0.39 is 0 Å². The lowest BCUT2D eigenvalue weighted by atomic mass is 9.96. The summed E-state index contributed by atoms with van der Waals surface area (Å²) in [6.45, 7) is 4.75. The van der Waals surface area contributed by atoms with Crippen molar-refractivity contribution in [2.45, 2.75) is 37.5 Å². The van der Waals surface area contributed by atoms with E-state index in [0.717, 1.165) is 62.3 Å². The largest absolute Gasteiger partial charge is 0.356 e. The predicted molar refractivity (Wildman–Crippen MR) is 109 cm³/mol. The number of aliphatic imine (C=N–C) groups is 1. The number of hydrogen-bond donors (Lipinski definition) is 2. The van der Waals surface area contributed by atoms with E-state index in [2.05, 4.69) is 32.3 Å². The van der Waals surface area contributed by atoms with Gasteiger partial charge in [-0.1, -0.05) is 18.2 Å². The smallest absolute Gasteiger partial charge is 0.191 e. The molecule has 26 heavy (non-hydrogen) atoms. The van der Waals surface area contributed by atoms with Gasteiger partial charge in [-0.15, -0.1) is 0 Å². The Morgan fingerprint density at radius 2 is 1.96 bits per heavy atom. The average molecular weight is 379 g/mol. The van der Waals surface area contributed by atoms with Crippen molar-refractivity contribution in [1.29, 1.82) is 0 Å². The molecule has 2 aliphatic heterocycles. The molecular weight excluding hydrogens is 347 g/mol. The van der Waals surface area contributed by atoms with Crippen molar-refractivity contribution in [3.05, 3.63) is 35.6 Å². The van der Waals surface area contributed by atoms with Crippen molar-refractivity contribution in [1.82, 2.24) is 15.5 Å². The molecule has 0 bridgehead atoms. The van der Waals surface area contributed by atoms with Crippen LogP contribution in [-0.2, 0) is 6.54 Å². The van der Waals surface area contributed by atoms with Crippen LogP contribution < -0.4 is 10.6 Å². The van der Waals surface area contributed by atoms with Crippen molar-refractivity contribution >= 4 is 17.7 Å². The van der Waals surface area contributed by atoms with Crippen LogP contribution in [0, 0.1) is 11.7 Å². The quantitative estimate of drug-likeness (QED) is 0.589. The summed E-state index contributed by atoms with van der Waals surface area (Å²) in [7, 11) is 1.84. The summed E-state index contributed by atoms with van der Waals surface area (Å²) in [6, 6.07) is 7.11. The number of likely N-dealkylation sites (tertiary alicyclic amines) is 1. The summed E-state index contributed by atoms with van der Waals surface area (Å²) in [6.07, 6.45) is 4.96. The molecule has 1 aromatic rings. The third kappa shape index (κ3) is 5.88. The molecule has 2 saturated heterocycles. The zero-order chi connectivity index (χ0) is 18.2. The molecule has 1 aromatic carbocycles. The van der Waals surface area contributed by atoms with Crippen molar-refractivity contribution < 1.29 is 4.39 Å². The number of halogens is 1. The zero-order valence-corrected chi connectivity index (χ0v) is 16.5. The number of rotatable bonds is 6. The summed E-state index contributed by atoms with van der Waals surface area (Å²) in [4.78, 5) is 6.71. The van der Waals surface area contributed by atoms with Gasteiger partial charge in [-0.2, -0.15) is 11.8 Å². The van der Waals surface area contributed by atoms with Gasteiger partial charge in [-0.25, -0.2) is 4.39 Å². The second kappa shape index (κ2) is 10.2. The Morgan fingerprint density at radius 1 is 1.19 bits per heavy atom. The van der Waals surface area contributed by atoms with Gasteiger partial charge in [-0.3, -0.25) is 9.89 Å². The van der Waals surface area contributed by atoms with Crippen LogP contribution in [0.1, 0.15) is 31.2 Å². The number of piperidine rings is 1. The molecule has 0 aliphatic carbocycles. The van der Waals surface area contributed by atoms with Crippen molar-refractivity contribution in [3.63, 3.8) is 0 Å². The molecule has 4 nitrogen and oxygen atoms in total. The maximum atomic E-state index is 13.8. The minimum Gasteiger partial charge on any atom is -0.356 e. The molecule has 2 N–H and O–H groups in total. The Morgan fingerprint density at radius 3 is 2.65 bits per heavy atom. The SMILES string of the molecule is CN=C(NCC1CCN(Cc2ccccc2F)CC1)NCC1CCCS1. The first-order chi connectivity index (χ1) is 12.7. The number of benzene rings is 1. The number of hydrogen-bond acceptors (Lipinski definition) is 3. The highest BCUT2D eigenvalue weighted by Gasteiger charge is 2.20. The standard InChI is InChI=1S/C20H31FN4S/c1-22-20(24-14-18-6-4-12-26-18)23-13-16-8-10-25(11-9-16)15-17-5-2-3-7-19(17)21/h2-3,5,7,16,18H,4,6,8-15H2,1H3,(H2,22,23,24). The monoisotopic (exact) mass is 378 g/mol. The van der Waals surface area contributed by atoms with Gasteiger partial charge < -0.3 is 10.6 Å². The van der Waals surface area contributed by atoms with Crippen LogP contribution in [0.5, 0.6) is 0 Å². The number of guanidine groups is 1. The van der Waals surface area contributed by atoms with E-state index in [1.807, 2.05) is 19.2 Å². The van der Waals surface area contributed by atoms with Crippen molar-refractivity contribution in [2.24, 2.45) is 10.9 Å². The normalized spacial score (nSPS) is 22.5. The maximum absolute atomic E-state index is 13.8. The van der Waals surface area contributed by atoms with E-state index in [-0.39, 0.29) is 5.82 Å². The Balaban J connectivity index is 1.34. The fourth-order valence-electron chi connectivity index (χ4n) is 3.69. The molecule has 2 heterocycles. The van der Waals surface area contributed by atoms with Gasteiger partial charge in [0.15, 0.2) is 5.96 Å². The average Bonchev–Trinajstić information content (AvgIpc) is 3.18. The summed E-state index contributed by atoms with van der Waals surface area (Å²) >= 11 is 2.07. The van der Waals surface area contributed by atoms with Crippen LogP contribution in [0.3, 0.4) is 0 Å². The summed E-state index contributed by atoms with van der Waals surface area (Å²) in [5, 5.41) is 7.68. The molecule has 0 spiro atoms. The van der Waals surface area contributed by atoms with E-state index in [1.54, 1.807) is 12.1 Å². The molecule has 1 atom stereocenters. The van der Waals surface area contributed by atoms with Gasteiger partial charge in [0.25, 0.3) is 0 Å².